The zero-order valence-corrected chi connectivity index (χ0v) is 14.1. The van der Waals surface area contributed by atoms with E-state index in [1.807, 2.05) is 13.8 Å². The van der Waals surface area contributed by atoms with Gasteiger partial charge in [-0.25, -0.2) is 13.2 Å². The van der Waals surface area contributed by atoms with Crippen LogP contribution in [0.2, 0.25) is 0 Å². The Morgan fingerprint density at radius 3 is 2.25 bits per heavy atom. The van der Waals surface area contributed by atoms with E-state index in [9.17, 15) is 13.2 Å². The molecule has 0 fully saturated rings. The summed E-state index contributed by atoms with van der Waals surface area (Å²) in [6, 6.07) is 7.85. The SMILES string of the molecule is CC.COc1ccc(/C(C)=N/OCc2ccc(F)c(F)c2)cc1F. The molecule has 0 aliphatic heterocycles. The van der Waals surface area contributed by atoms with E-state index in [-0.39, 0.29) is 12.4 Å². The molecule has 0 atom stereocenters. The Morgan fingerprint density at radius 1 is 0.958 bits per heavy atom. The van der Waals surface area contributed by atoms with E-state index in [1.165, 1.54) is 25.3 Å². The van der Waals surface area contributed by atoms with Gasteiger partial charge in [-0.05, 0) is 42.8 Å². The molecule has 0 spiro atoms. The van der Waals surface area contributed by atoms with E-state index < -0.39 is 17.5 Å². The predicted molar refractivity (Wildman–Crippen MR) is 87.7 cm³/mol. The van der Waals surface area contributed by atoms with Crippen LogP contribution >= 0.6 is 0 Å². The molecule has 2 rings (SSSR count). The van der Waals surface area contributed by atoms with Crippen LogP contribution in [0.4, 0.5) is 13.2 Å². The molecule has 0 aliphatic rings. The number of rotatable bonds is 5. The van der Waals surface area contributed by atoms with Gasteiger partial charge in [-0.2, -0.15) is 0 Å². The van der Waals surface area contributed by atoms with Crippen molar-refractivity contribution in [1.82, 2.24) is 0 Å². The summed E-state index contributed by atoms with van der Waals surface area (Å²) in [7, 11) is 1.38. The molecule has 0 heterocycles. The third-order valence-corrected chi connectivity index (χ3v) is 2.99. The second-order valence-corrected chi connectivity index (χ2v) is 4.55. The molecule has 0 bridgehead atoms. The zero-order chi connectivity index (χ0) is 18.1. The largest absolute Gasteiger partial charge is 0.494 e. The smallest absolute Gasteiger partial charge is 0.165 e. The van der Waals surface area contributed by atoms with Crippen molar-refractivity contribution >= 4 is 5.71 Å². The van der Waals surface area contributed by atoms with Crippen LogP contribution in [0.3, 0.4) is 0 Å². The monoisotopic (exact) mass is 339 g/mol. The Morgan fingerprint density at radius 2 is 1.67 bits per heavy atom. The molecule has 2 aromatic carbocycles. The van der Waals surface area contributed by atoms with Crippen LogP contribution in [0, 0.1) is 17.5 Å². The van der Waals surface area contributed by atoms with Gasteiger partial charge in [0.05, 0.1) is 12.8 Å². The number of hydrogen-bond donors (Lipinski definition) is 0. The molecule has 6 heteroatoms. The predicted octanol–water partition coefficient (Wildman–Crippen LogP) is 5.08. The van der Waals surface area contributed by atoms with Crippen LogP contribution in [0.1, 0.15) is 31.9 Å². The molecule has 0 saturated heterocycles. The second-order valence-electron chi connectivity index (χ2n) is 4.55. The lowest BCUT2D eigenvalue weighted by molar-refractivity contribution is 0.130. The first-order valence-electron chi connectivity index (χ1n) is 7.45. The standard InChI is InChI=1S/C16H14F3NO2.C2H6/c1-10(12-4-6-16(21-2)15(19)8-12)20-22-9-11-3-5-13(17)14(18)7-11;1-2/h3-8H,9H2,1-2H3;1-2H3/b20-10+;. The highest BCUT2D eigenvalue weighted by molar-refractivity contribution is 5.98. The highest BCUT2D eigenvalue weighted by atomic mass is 19.2. The maximum absolute atomic E-state index is 13.6. The number of oxime groups is 1. The number of ether oxygens (including phenoxy) is 1. The van der Waals surface area contributed by atoms with Crippen LogP contribution in [0.25, 0.3) is 0 Å². The molecular weight excluding hydrogens is 319 g/mol. The van der Waals surface area contributed by atoms with E-state index >= 15 is 0 Å². The van der Waals surface area contributed by atoms with E-state index in [2.05, 4.69) is 5.16 Å². The molecule has 0 saturated carbocycles. The van der Waals surface area contributed by atoms with Crippen molar-refractivity contribution in [3.05, 3.63) is 65.0 Å². The first-order valence-corrected chi connectivity index (χ1v) is 7.45. The van der Waals surface area contributed by atoms with E-state index in [0.29, 0.717) is 16.8 Å². The van der Waals surface area contributed by atoms with Crippen molar-refractivity contribution in [1.29, 1.82) is 0 Å². The van der Waals surface area contributed by atoms with Gasteiger partial charge in [0, 0.05) is 5.56 Å². The van der Waals surface area contributed by atoms with Crippen LogP contribution < -0.4 is 4.74 Å². The molecule has 2 aromatic rings. The molecule has 3 nitrogen and oxygen atoms in total. The van der Waals surface area contributed by atoms with Gasteiger partial charge in [0.25, 0.3) is 0 Å². The van der Waals surface area contributed by atoms with Gasteiger partial charge in [0.1, 0.15) is 6.61 Å². The molecule has 0 radical (unpaired) electrons. The van der Waals surface area contributed by atoms with Crippen molar-refractivity contribution in [2.24, 2.45) is 5.16 Å². The third kappa shape index (κ3) is 5.30. The Kier molecular flexibility index (Phi) is 7.82. The normalized spacial score (nSPS) is 10.7. The van der Waals surface area contributed by atoms with Gasteiger partial charge < -0.3 is 9.57 Å². The second kappa shape index (κ2) is 9.60. The van der Waals surface area contributed by atoms with Crippen molar-refractivity contribution in [2.75, 3.05) is 7.11 Å². The molecule has 0 amide bonds. The summed E-state index contributed by atoms with van der Waals surface area (Å²) in [5, 5.41) is 3.83. The first-order chi connectivity index (χ1) is 11.5. The number of methoxy groups -OCH3 is 1. The van der Waals surface area contributed by atoms with Crippen LogP contribution in [0.15, 0.2) is 41.6 Å². The Balaban J connectivity index is 0.00000139. The van der Waals surface area contributed by atoms with Gasteiger partial charge in [-0.1, -0.05) is 25.1 Å². The minimum absolute atomic E-state index is 0.0207. The van der Waals surface area contributed by atoms with E-state index in [4.69, 9.17) is 9.57 Å². The summed E-state index contributed by atoms with van der Waals surface area (Å²) in [4.78, 5) is 5.07. The minimum Gasteiger partial charge on any atom is -0.494 e. The highest BCUT2D eigenvalue weighted by Crippen LogP contribution is 2.18. The Hall–Kier alpha value is -2.50. The topological polar surface area (TPSA) is 30.8 Å². The molecule has 0 aromatic heterocycles. The van der Waals surface area contributed by atoms with Crippen LogP contribution in [-0.4, -0.2) is 12.8 Å². The minimum atomic E-state index is -0.945. The summed E-state index contributed by atoms with van der Waals surface area (Å²) in [6.07, 6.45) is 0. The lowest BCUT2D eigenvalue weighted by Gasteiger charge is -2.06. The summed E-state index contributed by atoms with van der Waals surface area (Å²) >= 11 is 0. The summed E-state index contributed by atoms with van der Waals surface area (Å²) < 4.78 is 44.2. The summed E-state index contributed by atoms with van der Waals surface area (Å²) in [5.41, 5.74) is 1.42. The fraction of sp³-hybridized carbons (Fsp3) is 0.278. The number of benzene rings is 2. The van der Waals surface area contributed by atoms with E-state index in [0.717, 1.165) is 12.1 Å². The number of hydrogen-bond acceptors (Lipinski definition) is 3. The lowest BCUT2D eigenvalue weighted by Crippen LogP contribution is -1.99. The number of nitrogens with zero attached hydrogens (tertiary/aromatic N) is 1. The van der Waals surface area contributed by atoms with Gasteiger partial charge in [0.15, 0.2) is 23.2 Å². The third-order valence-electron chi connectivity index (χ3n) is 2.99. The van der Waals surface area contributed by atoms with Gasteiger partial charge >= 0.3 is 0 Å². The summed E-state index contributed by atoms with van der Waals surface area (Å²) in [6.45, 7) is 5.62. The molecule has 0 N–H and O–H groups in total. The van der Waals surface area contributed by atoms with Crippen LogP contribution in [0.5, 0.6) is 5.75 Å². The maximum atomic E-state index is 13.6. The molecular formula is C18H20F3NO2. The molecule has 130 valence electrons. The highest BCUT2D eigenvalue weighted by Gasteiger charge is 2.06. The van der Waals surface area contributed by atoms with Gasteiger partial charge in [-0.15, -0.1) is 0 Å². The zero-order valence-electron chi connectivity index (χ0n) is 14.1. The van der Waals surface area contributed by atoms with Crippen molar-refractivity contribution in [3.8, 4) is 5.75 Å². The fourth-order valence-electron chi connectivity index (χ4n) is 1.78. The number of halogens is 3. The van der Waals surface area contributed by atoms with Gasteiger partial charge in [0.2, 0.25) is 0 Å². The molecule has 0 aliphatic carbocycles. The van der Waals surface area contributed by atoms with Crippen LogP contribution in [-0.2, 0) is 11.4 Å². The van der Waals surface area contributed by atoms with E-state index in [1.54, 1.807) is 13.0 Å². The average Bonchev–Trinajstić information content (AvgIpc) is 2.59. The summed E-state index contributed by atoms with van der Waals surface area (Å²) in [5.74, 6) is -2.23. The Labute approximate surface area is 139 Å². The Bertz CT molecular complexity index is 703. The van der Waals surface area contributed by atoms with Crippen molar-refractivity contribution in [2.45, 2.75) is 27.4 Å². The van der Waals surface area contributed by atoms with Crippen molar-refractivity contribution < 1.29 is 22.7 Å². The quantitative estimate of drug-likeness (QED) is 0.562. The first kappa shape index (κ1) is 19.5. The van der Waals surface area contributed by atoms with Gasteiger partial charge in [-0.3, -0.25) is 0 Å². The maximum Gasteiger partial charge on any atom is 0.165 e. The van der Waals surface area contributed by atoms with Crippen molar-refractivity contribution in [3.63, 3.8) is 0 Å². The molecule has 0 unspecified atom stereocenters. The average molecular weight is 339 g/mol. The lowest BCUT2D eigenvalue weighted by atomic mass is 10.1. The molecule has 24 heavy (non-hydrogen) atoms. The fourth-order valence-corrected chi connectivity index (χ4v) is 1.78.